The number of para-hydroxylation sites is 1. The lowest BCUT2D eigenvalue weighted by Crippen LogP contribution is -2.44. The molecule has 1 N–H and O–H groups in total. The van der Waals surface area contributed by atoms with E-state index in [9.17, 15) is 32.5 Å². The second-order valence-electron chi connectivity index (χ2n) is 13.6. The maximum atomic E-state index is 13.8. The SMILES string of the molecule is O=C(OC1C2CC3C1OC(=O)C3C2C(=O)Oc1ccc(S(=O)(=O)[O-])c(C2C3CC4CC(C3)CC2C4)c1)c1cccc(I)c1O. The maximum absolute atomic E-state index is 13.8. The molecule has 2 aromatic rings. The molecule has 232 valence electrons. The first kappa shape index (κ1) is 28.7. The molecule has 0 amide bonds. The second-order valence-corrected chi connectivity index (χ2v) is 16.1. The molecule has 6 atom stereocenters. The number of ether oxygens (including phenoxy) is 3. The van der Waals surface area contributed by atoms with Crippen LogP contribution in [-0.4, -0.2) is 48.2 Å². The van der Waals surface area contributed by atoms with E-state index in [1.807, 2.05) is 22.6 Å². The maximum Gasteiger partial charge on any atom is 0.342 e. The summed E-state index contributed by atoms with van der Waals surface area (Å²) in [5.74, 6) is -2.83. The van der Waals surface area contributed by atoms with Crippen molar-refractivity contribution < 1.29 is 46.7 Å². The summed E-state index contributed by atoms with van der Waals surface area (Å²) in [6.07, 6.45) is 4.13. The molecule has 6 bridgehead atoms. The number of phenolic OH excluding ortho intramolecular Hbond substituents is 1. The molecule has 1 saturated heterocycles. The molecule has 6 unspecified atom stereocenters. The van der Waals surface area contributed by atoms with Gasteiger partial charge in [0.1, 0.15) is 39.4 Å². The minimum Gasteiger partial charge on any atom is -0.744 e. The van der Waals surface area contributed by atoms with Crippen LogP contribution in [-0.2, 0) is 29.2 Å². The van der Waals surface area contributed by atoms with Gasteiger partial charge in [-0.25, -0.2) is 13.2 Å². The van der Waals surface area contributed by atoms with Crippen molar-refractivity contribution in [1.82, 2.24) is 0 Å². The van der Waals surface area contributed by atoms with Gasteiger partial charge in [0.25, 0.3) is 0 Å². The summed E-state index contributed by atoms with van der Waals surface area (Å²) in [6.45, 7) is 0. The van der Waals surface area contributed by atoms with Crippen molar-refractivity contribution in [3.05, 3.63) is 51.1 Å². The van der Waals surface area contributed by atoms with Crippen molar-refractivity contribution in [3.63, 3.8) is 0 Å². The number of hydrogen-bond donors (Lipinski definition) is 1. The number of fused-ring (bicyclic) bond motifs is 1. The summed E-state index contributed by atoms with van der Waals surface area (Å²) < 4.78 is 54.7. The number of aromatic hydroxyl groups is 1. The molecule has 0 spiro atoms. The second kappa shape index (κ2) is 10.1. The Kier molecular flexibility index (Phi) is 6.63. The zero-order valence-electron chi connectivity index (χ0n) is 23.5. The minimum absolute atomic E-state index is 0.0228. The normalized spacial score (nSPS) is 37.7. The van der Waals surface area contributed by atoms with Gasteiger partial charge in [-0.1, -0.05) is 6.07 Å². The molecule has 2 aromatic carbocycles. The number of carbonyl (C=O) groups is 3. The van der Waals surface area contributed by atoms with Crippen LogP contribution in [0.5, 0.6) is 11.5 Å². The fourth-order valence-corrected chi connectivity index (χ4v) is 11.2. The lowest BCUT2D eigenvalue weighted by Gasteiger charge is -2.55. The van der Waals surface area contributed by atoms with Gasteiger partial charge >= 0.3 is 17.9 Å². The first-order valence-electron chi connectivity index (χ1n) is 15.2. The predicted molar refractivity (Wildman–Crippen MR) is 158 cm³/mol. The average Bonchev–Trinajstić information content (AvgIpc) is 3.57. The van der Waals surface area contributed by atoms with E-state index in [4.69, 9.17) is 14.2 Å². The van der Waals surface area contributed by atoms with E-state index in [-0.39, 0.29) is 45.6 Å². The van der Waals surface area contributed by atoms with Crippen molar-refractivity contribution in [3.8, 4) is 11.5 Å². The summed E-state index contributed by atoms with van der Waals surface area (Å²) in [5, 5.41) is 10.4. The van der Waals surface area contributed by atoms with Gasteiger partial charge < -0.3 is 23.9 Å². The van der Waals surface area contributed by atoms with Crippen molar-refractivity contribution >= 4 is 50.6 Å². The van der Waals surface area contributed by atoms with Gasteiger partial charge in [0, 0.05) is 11.8 Å². The molecule has 12 heteroatoms. The molecular weight excluding hydrogens is 703 g/mol. The average molecular weight is 734 g/mol. The Morgan fingerprint density at radius 3 is 2.34 bits per heavy atom. The third-order valence-corrected chi connectivity index (χ3v) is 13.1. The molecule has 0 aromatic heterocycles. The molecule has 6 aliphatic carbocycles. The highest BCUT2D eigenvalue weighted by Crippen LogP contribution is 2.61. The van der Waals surface area contributed by atoms with E-state index in [2.05, 4.69) is 0 Å². The van der Waals surface area contributed by atoms with Gasteiger partial charge in [-0.05, 0) is 127 Å². The monoisotopic (exact) mass is 733 g/mol. The van der Waals surface area contributed by atoms with E-state index in [1.165, 1.54) is 30.7 Å². The molecule has 7 fully saturated rings. The van der Waals surface area contributed by atoms with Crippen LogP contribution in [0.2, 0.25) is 0 Å². The molecule has 6 saturated carbocycles. The number of halogens is 1. The van der Waals surface area contributed by atoms with Crippen LogP contribution in [0, 0.1) is 50.9 Å². The smallest absolute Gasteiger partial charge is 0.342 e. The van der Waals surface area contributed by atoms with E-state index in [0.29, 0.717) is 27.4 Å². The standard InChI is InChI=1S/C32H31IO10S/c33-22-3-1-2-18(27(22)34)30(35)42-28-20-12-21-26(32(37)43-29(21)28)25(20)31(36)41-17-4-5-23(44(38,39)40)19(11-17)24-15-7-13-6-14(9-15)10-16(24)8-13/h1-5,11,13-16,20-21,24-26,28-29,34H,6-10,12H2,(H,38,39,40)/p-1. The highest BCUT2D eigenvalue weighted by Gasteiger charge is 2.70. The Morgan fingerprint density at radius 1 is 0.955 bits per heavy atom. The highest BCUT2D eigenvalue weighted by atomic mass is 127. The first-order chi connectivity index (χ1) is 21.0. The summed E-state index contributed by atoms with van der Waals surface area (Å²) in [5.41, 5.74) is 0.405. The van der Waals surface area contributed by atoms with Crippen LogP contribution < -0.4 is 4.74 Å². The van der Waals surface area contributed by atoms with E-state index in [0.717, 1.165) is 25.7 Å². The number of esters is 3. The quantitative estimate of drug-likeness (QED) is 0.196. The van der Waals surface area contributed by atoms with Gasteiger partial charge in [-0.2, -0.15) is 0 Å². The third-order valence-electron chi connectivity index (χ3n) is 11.3. The Balaban J connectivity index is 1.07. The molecule has 1 aliphatic heterocycles. The lowest BCUT2D eigenvalue weighted by molar-refractivity contribution is -0.149. The molecule has 7 aliphatic rings. The first-order valence-corrected chi connectivity index (χ1v) is 17.7. The molecule has 9 rings (SSSR count). The molecule has 1 heterocycles. The highest BCUT2D eigenvalue weighted by molar-refractivity contribution is 14.1. The zero-order chi connectivity index (χ0) is 30.7. The van der Waals surface area contributed by atoms with E-state index < -0.39 is 58.0 Å². The van der Waals surface area contributed by atoms with Gasteiger partial charge in [-0.15, -0.1) is 0 Å². The summed E-state index contributed by atoms with van der Waals surface area (Å²) >= 11 is 1.90. The molecule has 44 heavy (non-hydrogen) atoms. The van der Waals surface area contributed by atoms with E-state index in [1.54, 1.807) is 12.1 Å². The topological polar surface area (TPSA) is 156 Å². The van der Waals surface area contributed by atoms with Crippen molar-refractivity contribution in [2.75, 3.05) is 0 Å². The summed E-state index contributed by atoms with van der Waals surface area (Å²) in [4.78, 5) is 39.5. The number of phenols is 1. The van der Waals surface area contributed by atoms with Gasteiger partial charge in [0.2, 0.25) is 0 Å². The fourth-order valence-electron chi connectivity index (χ4n) is 10.0. The van der Waals surface area contributed by atoms with Gasteiger partial charge in [0.15, 0.2) is 0 Å². The lowest BCUT2D eigenvalue weighted by atomic mass is 9.51. The summed E-state index contributed by atoms with van der Waals surface area (Å²) in [7, 11) is -4.76. The molecule has 0 radical (unpaired) electrons. The van der Waals surface area contributed by atoms with Crippen LogP contribution >= 0.6 is 22.6 Å². The third kappa shape index (κ3) is 4.41. The van der Waals surface area contributed by atoms with Gasteiger partial charge in [-0.3, -0.25) is 9.59 Å². The largest absolute Gasteiger partial charge is 0.744 e. The number of carbonyl (C=O) groups excluding carboxylic acids is 3. The Bertz CT molecular complexity index is 1680. The summed E-state index contributed by atoms with van der Waals surface area (Å²) in [6, 6.07) is 8.80. The van der Waals surface area contributed by atoms with Crippen molar-refractivity contribution in [2.45, 2.75) is 61.5 Å². The minimum atomic E-state index is -4.76. The Morgan fingerprint density at radius 2 is 1.66 bits per heavy atom. The number of benzene rings is 2. The van der Waals surface area contributed by atoms with Gasteiger partial charge in [0.05, 0.1) is 20.3 Å². The predicted octanol–water partition coefficient (Wildman–Crippen LogP) is 4.38. The Hall–Kier alpha value is -2.71. The van der Waals surface area contributed by atoms with E-state index >= 15 is 0 Å². The zero-order valence-corrected chi connectivity index (χ0v) is 26.4. The van der Waals surface area contributed by atoms with Crippen LogP contribution in [0.3, 0.4) is 0 Å². The Labute approximate surface area is 267 Å². The van der Waals surface area contributed by atoms with Crippen LogP contribution in [0.4, 0.5) is 0 Å². The van der Waals surface area contributed by atoms with Crippen LogP contribution in [0.25, 0.3) is 0 Å². The van der Waals surface area contributed by atoms with Crippen LogP contribution in [0.1, 0.15) is 60.4 Å². The van der Waals surface area contributed by atoms with Crippen molar-refractivity contribution in [1.29, 1.82) is 0 Å². The molecule has 10 nitrogen and oxygen atoms in total. The van der Waals surface area contributed by atoms with Crippen molar-refractivity contribution in [2.24, 2.45) is 47.3 Å². The number of rotatable bonds is 6. The van der Waals surface area contributed by atoms with Crippen LogP contribution in [0.15, 0.2) is 41.3 Å². The number of hydrogen-bond acceptors (Lipinski definition) is 10. The molecular formula is C32H30IO10S-. The fraction of sp³-hybridized carbons (Fsp3) is 0.531.